The van der Waals surface area contributed by atoms with Crippen molar-refractivity contribution in [1.29, 1.82) is 0 Å². The summed E-state index contributed by atoms with van der Waals surface area (Å²) in [5, 5.41) is 6.07. The predicted molar refractivity (Wildman–Crippen MR) is 74.4 cm³/mol. The zero-order valence-electron chi connectivity index (χ0n) is 11.8. The third kappa shape index (κ3) is 2.92. The van der Waals surface area contributed by atoms with E-state index < -0.39 is 0 Å². The quantitative estimate of drug-likeness (QED) is 0.698. The number of carbonyl (C=O) groups is 1. The zero-order chi connectivity index (χ0) is 13.9. The van der Waals surface area contributed by atoms with Gasteiger partial charge in [0.2, 0.25) is 0 Å². The standard InChI is InChI=1S/C14H25N3O3/c15-6-9-7-19-13-11(8-20-12(9)13)17-14(18)16-10-4-2-1-3-5-10/h9-13H,1-8,15H2,(H2,16,17,18)/t9-,11-,12+,13+/m0/s1. The Balaban J connectivity index is 1.47. The molecule has 1 saturated carbocycles. The Morgan fingerprint density at radius 1 is 1.05 bits per heavy atom. The fraction of sp³-hybridized carbons (Fsp3) is 0.929. The molecule has 2 heterocycles. The van der Waals surface area contributed by atoms with Crippen molar-refractivity contribution in [3.63, 3.8) is 0 Å². The molecule has 0 aromatic heterocycles. The average molecular weight is 283 g/mol. The second-order valence-electron chi connectivity index (χ2n) is 6.15. The Bertz CT molecular complexity index is 347. The first-order valence-corrected chi connectivity index (χ1v) is 7.78. The van der Waals surface area contributed by atoms with Crippen LogP contribution in [0.15, 0.2) is 0 Å². The number of amides is 2. The summed E-state index contributed by atoms with van der Waals surface area (Å²) in [6, 6.07) is 0.175. The van der Waals surface area contributed by atoms with E-state index in [0.29, 0.717) is 25.8 Å². The molecule has 1 aliphatic carbocycles. The van der Waals surface area contributed by atoms with E-state index in [0.717, 1.165) is 12.8 Å². The average Bonchev–Trinajstić information content (AvgIpc) is 3.02. The number of fused-ring (bicyclic) bond motifs is 1. The number of urea groups is 1. The Morgan fingerprint density at radius 2 is 1.80 bits per heavy atom. The van der Waals surface area contributed by atoms with Crippen molar-refractivity contribution >= 4 is 6.03 Å². The van der Waals surface area contributed by atoms with Gasteiger partial charge in [-0.15, -0.1) is 0 Å². The zero-order valence-corrected chi connectivity index (χ0v) is 11.8. The van der Waals surface area contributed by atoms with Gasteiger partial charge in [0.25, 0.3) is 0 Å². The summed E-state index contributed by atoms with van der Waals surface area (Å²) < 4.78 is 11.5. The van der Waals surface area contributed by atoms with Gasteiger partial charge in [0.15, 0.2) is 0 Å². The molecule has 3 rings (SSSR count). The van der Waals surface area contributed by atoms with Crippen molar-refractivity contribution in [1.82, 2.24) is 10.6 Å². The van der Waals surface area contributed by atoms with E-state index in [4.69, 9.17) is 15.2 Å². The lowest BCUT2D eigenvalue weighted by molar-refractivity contribution is 0.0633. The molecule has 3 fully saturated rings. The molecular formula is C14H25N3O3. The highest BCUT2D eigenvalue weighted by molar-refractivity contribution is 5.74. The lowest BCUT2D eigenvalue weighted by atomic mass is 9.96. The van der Waals surface area contributed by atoms with E-state index in [-0.39, 0.29) is 30.2 Å². The second-order valence-corrected chi connectivity index (χ2v) is 6.15. The lowest BCUT2D eigenvalue weighted by Gasteiger charge is -2.24. The van der Waals surface area contributed by atoms with E-state index in [2.05, 4.69) is 10.6 Å². The summed E-state index contributed by atoms with van der Waals surface area (Å²) in [4.78, 5) is 12.0. The number of hydrogen-bond acceptors (Lipinski definition) is 4. The van der Waals surface area contributed by atoms with Gasteiger partial charge in [-0.2, -0.15) is 0 Å². The maximum absolute atomic E-state index is 12.0. The molecule has 2 aliphatic heterocycles. The molecular weight excluding hydrogens is 258 g/mol. The summed E-state index contributed by atoms with van der Waals surface area (Å²) >= 11 is 0. The van der Waals surface area contributed by atoms with Gasteiger partial charge in [-0.25, -0.2) is 4.79 Å². The first-order valence-electron chi connectivity index (χ1n) is 7.78. The van der Waals surface area contributed by atoms with Gasteiger partial charge in [-0.3, -0.25) is 0 Å². The van der Waals surface area contributed by atoms with Gasteiger partial charge in [0.1, 0.15) is 6.10 Å². The molecule has 2 saturated heterocycles. The van der Waals surface area contributed by atoms with Crippen LogP contribution in [0.4, 0.5) is 4.79 Å². The molecule has 0 spiro atoms. The van der Waals surface area contributed by atoms with Crippen LogP contribution in [0.25, 0.3) is 0 Å². The molecule has 0 aromatic carbocycles. The highest BCUT2D eigenvalue weighted by atomic mass is 16.6. The third-order valence-electron chi connectivity index (χ3n) is 4.72. The molecule has 6 heteroatoms. The van der Waals surface area contributed by atoms with Gasteiger partial charge in [0.05, 0.1) is 25.4 Å². The van der Waals surface area contributed by atoms with Crippen molar-refractivity contribution in [3.05, 3.63) is 0 Å². The smallest absolute Gasteiger partial charge is 0.315 e. The number of hydrogen-bond donors (Lipinski definition) is 3. The van der Waals surface area contributed by atoms with Crippen LogP contribution in [0.5, 0.6) is 0 Å². The lowest BCUT2D eigenvalue weighted by Crippen LogP contribution is -2.51. The molecule has 6 nitrogen and oxygen atoms in total. The van der Waals surface area contributed by atoms with Gasteiger partial charge in [-0.1, -0.05) is 19.3 Å². The molecule has 20 heavy (non-hydrogen) atoms. The number of carbonyl (C=O) groups excluding carboxylic acids is 1. The predicted octanol–water partition coefficient (Wildman–Crippen LogP) is 0.359. The summed E-state index contributed by atoms with van der Waals surface area (Å²) in [6.45, 7) is 1.72. The van der Waals surface area contributed by atoms with Gasteiger partial charge in [-0.05, 0) is 19.4 Å². The minimum Gasteiger partial charge on any atom is -0.373 e. The Hall–Kier alpha value is -0.850. The number of ether oxygens (including phenoxy) is 2. The minimum absolute atomic E-state index is 0.0411. The SMILES string of the molecule is NC[C@H]1CO[C@H]2[C@@H]1OC[C@@H]2NC(=O)NC1CCCCC1. The highest BCUT2D eigenvalue weighted by Crippen LogP contribution is 2.30. The maximum Gasteiger partial charge on any atom is 0.315 e. The molecule has 4 N–H and O–H groups in total. The van der Waals surface area contributed by atoms with Gasteiger partial charge >= 0.3 is 6.03 Å². The van der Waals surface area contributed by atoms with Crippen molar-refractivity contribution in [2.75, 3.05) is 19.8 Å². The highest BCUT2D eigenvalue weighted by Gasteiger charge is 2.47. The normalized spacial score (nSPS) is 37.6. The van der Waals surface area contributed by atoms with Crippen LogP contribution in [-0.2, 0) is 9.47 Å². The van der Waals surface area contributed by atoms with E-state index >= 15 is 0 Å². The van der Waals surface area contributed by atoms with Crippen LogP contribution in [0.1, 0.15) is 32.1 Å². The van der Waals surface area contributed by atoms with Gasteiger partial charge < -0.3 is 25.8 Å². The van der Waals surface area contributed by atoms with Crippen molar-refractivity contribution in [2.24, 2.45) is 11.7 Å². The van der Waals surface area contributed by atoms with E-state index in [9.17, 15) is 4.79 Å². The van der Waals surface area contributed by atoms with Crippen LogP contribution in [0, 0.1) is 5.92 Å². The van der Waals surface area contributed by atoms with E-state index in [1.165, 1.54) is 19.3 Å². The van der Waals surface area contributed by atoms with E-state index in [1.807, 2.05) is 0 Å². The number of rotatable bonds is 3. The molecule has 4 atom stereocenters. The van der Waals surface area contributed by atoms with Crippen LogP contribution >= 0.6 is 0 Å². The Morgan fingerprint density at radius 3 is 2.55 bits per heavy atom. The first-order chi connectivity index (χ1) is 9.78. The molecule has 0 bridgehead atoms. The fourth-order valence-electron chi connectivity index (χ4n) is 3.55. The van der Waals surface area contributed by atoms with Crippen LogP contribution in [0.2, 0.25) is 0 Å². The van der Waals surface area contributed by atoms with Crippen LogP contribution in [0.3, 0.4) is 0 Å². The fourth-order valence-corrected chi connectivity index (χ4v) is 3.55. The summed E-state index contributed by atoms with van der Waals surface area (Å²) in [6.07, 6.45) is 5.89. The largest absolute Gasteiger partial charge is 0.373 e. The Labute approximate surface area is 119 Å². The topological polar surface area (TPSA) is 85.6 Å². The summed E-state index contributed by atoms with van der Waals surface area (Å²) in [5.74, 6) is 0.258. The second kappa shape index (κ2) is 6.28. The Kier molecular flexibility index (Phi) is 4.43. The monoisotopic (exact) mass is 283 g/mol. The minimum atomic E-state index is -0.0917. The molecule has 0 aromatic rings. The number of nitrogens with one attached hydrogen (secondary N) is 2. The van der Waals surface area contributed by atoms with Gasteiger partial charge in [0, 0.05) is 12.0 Å². The van der Waals surface area contributed by atoms with Crippen molar-refractivity contribution < 1.29 is 14.3 Å². The molecule has 114 valence electrons. The van der Waals surface area contributed by atoms with E-state index in [1.54, 1.807) is 0 Å². The molecule has 0 radical (unpaired) electrons. The summed E-state index contributed by atoms with van der Waals surface area (Å²) in [5.41, 5.74) is 5.70. The number of nitrogens with two attached hydrogens (primary N) is 1. The van der Waals surface area contributed by atoms with Crippen LogP contribution < -0.4 is 16.4 Å². The molecule has 2 amide bonds. The van der Waals surface area contributed by atoms with Crippen molar-refractivity contribution in [2.45, 2.75) is 56.4 Å². The maximum atomic E-state index is 12.0. The van der Waals surface area contributed by atoms with Crippen LogP contribution in [-0.4, -0.2) is 50.1 Å². The first kappa shape index (κ1) is 14.1. The van der Waals surface area contributed by atoms with Crippen molar-refractivity contribution in [3.8, 4) is 0 Å². The third-order valence-corrected chi connectivity index (χ3v) is 4.72. The summed E-state index contributed by atoms with van der Waals surface area (Å²) in [7, 11) is 0. The molecule has 0 unspecified atom stereocenters. The molecule has 3 aliphatic rings.